The van der Waals surface area contributed by atoms with Crippen LogP contribution in [-0.2, 0) is 27.2 Å². The van der Waals surface area contributed by atoms with Crippen LogP contribution in [0, 0.1) is 22.7 Å². The fourth-order valence-corrected chi connectivity index (χ4v) is 7.87. The Kier molecular flexibility index (Phi) is 17.9. The van der Waals surface area contributed by atoms with Gasteiger partial charge in [0, 0.05) is 49.1 Å². The number of hydrogen-bond donors (Lipinski definition) is 2. The lowest BCUT2D eigenvalue weighted by Gasteiger charge is -2.19. The molecule has 64 heavy (non-hydrogen) atoms. The van der Waals surface area contributed by atoms with E-state index in [0.29, 0.717) is 46.5 Å². The summed E-state index contributed by atoms with van der Waals surface area (Å²) in [6, 6.07) is 28.9. The molecule has 0 spiro atoms. The third-order valence-electron chi connectivity index (χ3n) is 9.12. The molecule has 0 bridgehead atoms. The zero-order valence-electron chi connectivity index (χ0n) is 34.0. The monoisotopic (exact) mass is 922 g/mol. The van der Waals surface area contributed by atoms with Crippen LogP contribution in [0.1, 0.15) is 59.3 Å². The molecule has 2 aliphatic rings. The zero-order chi connectivity index (χ0) is 44.2. The molecular formula is C44H43ClN10O7S2. The fraction of sp³-hybridized carbons (Fsp3) is 0.227. The first-order valence-corrected chi connectivity index (χ1v) is 20.4. The Bertz CT molecular complexity index is 2650. The van der Waals surface area contributed by atoms with Gasteiger partial charge in [0.2, 0.25) is 10.9 Å². The number of carbonyl (C=O) groups excluding carboxylic acids is 4. The standard InChI is InChI=1S/C21H17N5O3S.C13H10N2O2S.C9H11N3O2.CH4.ClH/c1-26-18-16(8-5-9-23-18)29-12-15(21(26)28)24-19(27)20-25-14(11-22)17(30-20)10-13-6-3-2-4-7-13;1-17-13(16)12-15-10(8-14)11(18-12)7-9-5-3-2-4-6-9;1-12-8-7(3-2-4-11-8)14-5-6(10)9(12)13;;/h2-9,15H,10,12H2,1H3,(H,24,27);2-6H,7H2,1H3;2-4,6H,5,10H2,1H3;1H4;1H/t15-;;6-;;/m0.0../s1. The quantitative estimate of drug-likeness (QED) is 0.192. The first-order chi connectivity index (χ1) is 30.0. The van der Waals surface area contributed by atoms with Gasteiger partial charge in [-0.3, -0.25) is 24.2 Å². The Balaban J connectivity index is 0.000000226. The summed E-state index contributed by atoms with van der Waals surface area (Å²) in [5.74, 6) is 0.425. The first kappa shape index (κ1) is 49.4. The molecule has 6 aromatic rings. The molecule has 3 amide bonds. The van der Waals surface area contributed by atoms with Crippen molar-refractivity contribution in [2.75, 3.05) is 44.2 Å². The number of carbonyl (C=O) groups is 4. The number of thiazole rings is 2. The molecule has 20 heteroatoms. The summed E-state index contributed by atoms with van der Waals surface area (Å²) in [5, 5.41) is 21.4. The summed E-state index contributed by atoms with van der Waals surface area (Å²) in [7, 11) is 4.52. The van der Waals surface area contributed by atoms with Crippen LogP contribution in [0.5, 0.6) is 11.5 Å². The van der Waals surface area contributed by atoms with Crippen molar-refractivity contribution in [3.05, 3.63) is 140 Å². The highest BCUT2D eigenvalue weighted by atomic mass is 35.5. The number of nitrogens with zero attached hydrogens (tertiary/aromatic N) is 8. The van der Waals surface area contributed by atoms with Crippen LogP contribution in [0.4, 0.5) is 11.6 Å². The Morgan fingerprint density at radius 1 is 0.766 bits per heavy atom. The Morgan fingerprint density at radius 2 is 1.23 bits per heavy atom. The number of aromatic nitrogens is 4. The number of anilines is 2. The number of nitrogens with two attached hydrogens (primary N) is 1. The van der Waals surface area contributed by atoms with Gasteiger partial charge in [-0.25, -0.2) is 24.7 Å². The number of fused-ring (bicyclic) bond motifs is 2. The predicted molar refractivity (Wildman–Crippen MR) is 243 cm³/mol. The second-order valence-electron chi connectivity index (χ2n) is 13.3. The highest BCUT2D eigenvalue weighted by Gasteiger charge is 2.32. The maximum absolute atomic E-state index is 12.8. The normalized spacial score (nSPS) is 14.7. The van der Waals surface area contributed by atoms with E-state index in [4.69, 9.17) is 20.5 Å². The van der Waals surface area contributed by atoms with Gasteiger partial charge in [0.05, 0.1) is 7.11 Å². The van der Waals surface area contributed by atoms with Gasteiger partial charge in [-0.1, -0.05) is 68.1 Å². The minimum absolute atomic E-state index is 0. The van der Waals surface area contributed by atoms with Gasteiger partial charge >= 0.3 is 5.97 Å². The van der Waals surface area contributed by atoms with E-state index in [-0.39, 0.29) is 60.6 Å². The molecule has 330 valence electrons. The summed E-state index contributed by atoms with van der Waals surface area (Å²) in [6.07, 6.45) is 4.28. The maximum atomic E-state index is 12.8. The molecule has 2 aliphatic heterocycles. The highest BCUT2D eigenvalue weighted by Crippen LogP contribution is 2.29. The lowest BCUT2D eigenvalue weighted by Crippen LogP contribution is -2.49. The van der Waals surface area contributed by atoms with E-state index in [9.17, 15) is 24.4 Å². The van der Waals surface area contributed by atoms with Crippen LogP contribution in [0.25, 0.3) is 0 Å². The van der Waals surface area contributed by atoms with E-state index in [1.165, 1.54) is 28.2 Å². The third kappa shape index (κ3) is 12.0. The summed E-state index contributed by atoms with van der Waals surface area (Å²) in [5.41, 5.74) is 8.21. The number of benzene rings is 2. The summed E-state index contributed by atoms with van der Waals surface area (Å²) in [6.45, 7) is 0.169. The smallest absolute Gasteiger partial charge is 0.367 e. The minimum atomic E-state index is -0.899. The topological polar surface area (TPSA) is 240 Å². The second-order valence-corrected chi connectivity index (χ2v) is 15.5. The zero-order valence-corrected chi connectivity index (χ0v) is 36.4. The summed E-state index contributed by atoms with van der Waals surface area (Å²) >= 11 is 2.35. The molecule has 0 radical (unpaired) electrons. The number of esters is 1. The van der Waals surface area contributed by atoms with Crippen molar-refractivity contribution in [2.24, 2.45) is 5.73 Å². The van der Waals surface area contributed by atoms with Crippen LogP contribution in [-0.4, -0.2) is 90.1 Å². The van der Waals surface area contributed by atoms with Crippen LogP contribution >= 0.6 is 35.1 Å². The van der Waals surface area contributed by atoms with Crippen molar-refractivity contribution in [3.63, 3.8) is 0 Å². The highest BCUT2D eigenvalue weighted by molar-refractivity contribution is 7.14. The lowest BCUT2D eigenvalue weighted by molar-refractivity contribution is -0.121. The number of methoxy groups -OCH3 is 1. The van der Waals surface area contributed by atoms with Gasteiger partial charge in [-0.2, -0.15) is 10.5 Å². The van der Waals surface area contributed by atoms with Crippen molar-refractivity contribution >= 4 is 70.4 Å². The van der Waals surface area contributed by atoms with Crippen molar-refractivity contribution in [3.8, 4) is 23.6 Å². The van der Waals surface area contributed by atoms with Crippen molar-refractivity contribution in [1.29, 1.82) is 10.5 Å². The molecule has 0 fully saturated rings. The average Bonchev–Trinajstić information content (AvgIpc) is 3.87. The van der Waals surface area contributed by atoms with Crippen LogP contribution in [0.3, 0.4) is 0 Å². The molecule has 2 aromatic carbocycles. The number of likely N-dealkylation sites (N-methyl/N-ethyl adjacent to an activating group) is 2. The Labute approximate surface area is 383 Å². The molecular weight excluding hydrogens is 880 g/mol. The van der Waals surface area contributed by atoms with Crippen molar-refractivity contribution in [1.82, 2.24) is 25.3 Å². The molecule has 6 heterocycles. The fourth-order valence-electron chi connectivity index (χ4n) is 5.96. The molecule has 0 saturated heterocycles. The number of hydrogen-bond acceptors (Lipinski definition) is 16. The van der Waals surface area contributed by atoms with Gasteiger partial charge in [-0.15, -0.1) is 35.1 Å². The molecule has 0 aliphatic carbocycles. The lowest BCUT2D eigenvalue weighted by atomic mass is 10.1. The number of amides is 3. The number of rotatable bonds is 7. The molecule has 0 unspecified atom stereocenters. The number of halogens is 1. The number of nitrogens with one attached hydrogen (secondary N) is 1. The van der Waals surface area contributed by atoms with Gasteiger partial charge in [0.1, 0.15) is 37.4 Å². The molecule has 17 nitrogen and oxygen atoms in total. The third-order valence-corrected chi connectivity index (χ3v) is 11.2. The van der Waals surface area contributed by atoms with Crippen LogP contribution < -0.4 is 30.3 Å². The van der Waals surface area contributed by atoms with E-state index in [0.717, 1.165) is 27.3 Å². The average molecular weight is 923 g/mol. The van der Waals surface area contributed by atoms with Crippen molar-refractivity contribution in [2.45, 2.75) is 32.4 Å². The van der Waals surface area contributed by atoms with Gasteiger partial charge in [0.25, 0.3) is 11.8 Å². The van der Waals surface area contributed by atoms with E-state index in [1.807, 2.05) is 72.8 Å². The summed E-state index contributed by atoms with van der Waals surface area (Å²) in [4.78, 5) is 69.1. The number of nitriles is 2. The van der Waals surface area contributed by atoms with E-state index >= 15 is 0 Å². The second kappa shape index (κ2) is 23.2. The molecule has 4 aromatic heterocycles. The SMILES string of the molecule is C.CN1C(=O)[C@@H](N)COc2cccnc21.CN1C(=O)[C@@H](NC(=O)c2nc(C#N)c(Cc3ccccc3)s2)COc2cccnc21.COC(=O)c1nc(C#N)c(Cc2ccccc2)s1.Cl. The Hall–Kier alpha value is -7.29. The summed E-state index contributed by atoms with van der Waals surface area (Å²) < 4.78 is 15.6. The van der Waals surface area contributed by atoms with Gasteiger partial charge < -0.3 is 25.3 Å². The number of pyridine rings is 2. The maximum Gasteiger partial charge on any atom is 0.367 e. The van der Waals surface area contributed by atoms with E-state index in [1.54, 1.807) is 50.8 Å². The Morgan fingerprint density at radius 3 is 1.73 bits per heavy atom. The van der Waals surface area contributed by atoms with E-state index in [2.05, 4.69) is 30.0 Å². The molecule has 3 N–H and O–H groups in total. The largest absolute Gasteiger partial charge is 0.488 e. The van der Waals surface area contributed by atoms with Gasteiger partial charge in [0.15, 0.2) is 39.5 Å². The van der Waals surface area contributed by atoms with Crippen LogP contribution in [0.15, 0.2) is 97.3 Å². The van der Waals surface area contributed by atoms with Gasteiger partial charge in [-0.05, 0) is 35.4 Å². The van der Waals surface area contributed by atoms with Crippen LogP contribution in [0.2, 0.25) is 0 Å². The molecule has 8 rings (SSSR count). The minimum Gasteiger partial charge on any atom is -0.488 e. The van der Waals surface area contributed by atoms with E-state index < -0.39 is 24.0 Å². The first-order valence-electron chi connectivity index (χ1n) is 18.7. The molecule has 2 atom stereocenters. The van der Waals surface area contributed by atoms with Crippen molar-refractivity contribution < 1.29 is 33.4 Å². The number of ether oxygens (including phenoxy) is 3. The molecule has 0 saturated carbocycles. The predicted octanol–water partition coefficient (Wildman–Crippen LogP) is 5.37.